The monoisotopic (exact) mass is 289 g/mol. The smallest absolute Gasteiger partial charge is 0.203 e. The van der Waals surface area contributed by atoms with Crippen molar-refractivity contribution in [3.8, 4) is 0 Å². The van der Waals surface area contributed by atoms with Gasteiger partial charge in [0.25, 0.3) is 0 Å². The number of aromatic nitrogens is 5. The van der Waals surface area contributed by atoms with Crippen LogP contribution < -0.4 is 11.1 Å². The molecule has 0 aliphatic carbocycles. The van der Waals surface area contributed by atoms with Crippen molar-refractivity contribution < 1.29 is 0 Å². The summed E-state index contributed by atoms with van der Waals surface area (Å²) in [6.07, 6.45) is 3.57. The van der Waals surface area contributed by atoms with Crippen LogP contribution in [0.4, 0.5) is 10.9 Å². The highest BCUT2D eigenvalue weighted by Gasteiger charge is 2.04. The molecule has 0 atom stereocenters. The molecule has 3 heterocycles. The first-order valence-electron chi connectivity index (χ1n) is 6.35. The van der Waals surface area contributed by atoms with Gasteiger partial charge in [-0.2, -0.15) is 9.61 Å². The molecule has 8 heteroatoms. The molecule has 3 aromatic rings. The third-order valence-corrected chi connectivity index (χ3v) is 3.66. The molecular weight excluding hydrogens is 274 g/mol. The summed E-state index contributed by atoms with van der Waals surface area (Å²) < 4.78 is 1.80. The summed E-state index contributed by atoms with van der Waals surface area (Å²) in [5, 5.41) is 16.9. The van der Waals surface area contributed by atoms with Gasteiger partial charge in [-0.05, 0) is 13.3 Å². The molecule has 0 aliphatic rings. The van der Waals surface area contributed by atoms with E-state index in [2.05, 4.69) is 25.6 Å². The van der Waals surface area contributed by atoms with Gasteiger partial charge in [0, 0.05) is 30.8 Å². The van der Waals surface area contributed by atoms with Gasteiger partial charge in [-0.1, -0.05) is 11.3 Å². The minimum absolute atomic E-state index is 0.524. The molecule has 0 aromatic carbocycles. The summed E-state index contributed by atoms with van der Waals surface area (Å²) in [6, 6.07) is 3.88. The molecule has 20 heavy (non-hydrogen) atoms. The van der Waals surface area contributed by atoms with E-state index in [1.165, 1.54) is 11.3 Å². The van der Waals surface area contributed by atoms with E-state index in [1.54, 1.807) is 10.7 Å². The van der Waals surface area contributed by atoms with Gasteiger partial charge in [-0.25, -0.2) is 4.98 Å². The van der Waals surface area contributed by atoms with Crippen LogP contribution in [0.3, 0.4) is 0 Å². The van der Waals surface area contributed by atoms with Crippen molar-refractivity contribution in [3.63, 3.8) is 0 Å². The van der Waals surface area contributed by atoms with Crippen LogP contribution in [0, 0.1) is 6.92 Å². The normalized spacial score (nSPS) is 11.1. The largest absolute Gasteiger partial charge is 0.374 e. The Morgan fingerprint density at radius 3 is 3.10 bits per heavy atom. The maximum absolute atomic E-state index is 5.55. The minimum atomic E-state index is 0.524. The van der Waals surface area contributed by atoms with Gasteiger partial charge in [0.15, 0.2) is 5.65 Å². The zero-order valence-corrected chi connectivity index (χ0v) is 11.9. The Morgan fingerprint density at radius 1 is 1.40 bits per heavy atom. The Bertz CT molecular complexity index is 717. The molecule has 0 aliphatic heterocycles. The zero-order valence-electron chi connectivity index (χ0n) is 11.1. The molecule has 104 valence electrons. The van der Waals surface area contributed by atoms with Gasteiger partial charge in [-0.15, -0.1) is 10.2 Å². The van der Waals surface area contributed by atoms with Crippen LogP contribution in [0.5, 0.6) is 0 Å². The molecule has 0 radical (unpaired) electrons. The van der Waals surface area contributed by atoms with Crippen LogP contribution in [-0.2, 0) is 6.42 Å². The number of hydrogen-bond donors (Lipinski definition) is 2. The van der Waals surface area contributed by atoms with Crippen molar-refractivity contribution in [1.82, 2.24) is 24.8 Å². The van der Waals surface area contributed by atoms with Crippen LogP contribution in [-0.4, -0.2) is 31.3 Å². The molecule has 3 N–H and O–H groups in total. The first-order valence-corrected chi connectivity index (χ1v) is 7.17. The Morgan fingerprint density at radius 2 is 2.30 bits per heavy atom. The summed E-state index contributed by atoms with van der Waals surface area (Å²) in [4.78, 5) is 4.40. The number of anilines is 2. The van der Waals surface area contributed by atoms with E-state index in [0.29, 0.717) is 5.13 Å². The minimum Gasteiger partial charge on any atom is -0.374 e. The van der Waals surface area contributed by atoms with E-state index in [0.717, 1.165) is 41.6 Å². The molecule has 0 amide bonds. The SMILES string of the molecule is Cc1cc(NCCCc2nnc(N)s2)n2nccc2n1. The fraction of sp³-hybridized carbons (Fsp3) is 0.333. The Labute approximate surface area is 119 Å². The van der Waals surface area contributed by atoms with E-state index in [9.17, 15) is 0 Å². The van der Waals surface area contributed by atoms with E-state index in [4.69, 9.17) is 5.73 Å². The summed E-state index contributed by atoms with van der Waals surface area (Å²) in [5.74, 6) is 0.953. The third kappa shape index (κ3) is 2.69. The van der Waals surface area contributed by atoms with Crippen LogP contribution in [0.2, 0.25) is 0 Å². The van der Waals surface area contributed by atoms with Gasteiger partial charge >= 0.3 is 0 Å². The zero-order chi connectivity index (χ0) is 13.9. The predicted molar refractivity (Wildman–Crippen MR) is 78.9 cm³/mol. The molecule has 0 saturated carbocycles. The molecule has 0 saturated heterocycles. The first kappa shape index (κ1) is 12.8. The number of nitrogens with two attached hydrogens (primary N) is 1. The number of rotatable bonds is 5. The fourth-order valence-corrected chi connectivity index (χ4v) is 2.64. The van der Waals surface area contributed by atoms with Gasteiger partial charge in [-0.3, -0.25) is 0 Å². The highest BCUT2D eigenvalue weighted by molar-refractivity contribution is 7.15. The fourth-order valence-electron chi connectivity index (χ4n) is 1.99. The van der Waals surface area contributed by atoms with Gasteiger partial charge < -0.3 is 11.1 Å². The maximum atomic E-state index is 5.55. The predicted octanol–water partition coefficient (Wildman–Crippen LogP) is 1.52. The summed E-state index contributed by atoms with van der Waals surface area (Å²) in [7, 11) is 0. The molecule has 0 spiro atoms. The Balaban J connectivity index is 1.61. The van der Waals surface area contributed by atoms with E-state index in [1.807, 2.05) is 19.1 Å². The first-order chi connectivity index (χ1) is 9.72. The summed E-state index contributed by atoms with van der Waals surface area (Å²) in [6.45, 7) is 2.81. The molecule has 3 rings (SSSR count). The Kier molecular flexibility index (Phi) is 3.46. The maximum Gasteiger partial charge on any atom is 0.203 e. The van der Waals surface area contributed by atoms with Gasteiger partial charge in [0.05, 0.1) is 6.20 Å². The number of nitrogens with one attached hydrogen (secondary N) is 1. The van der Waals surface area contributed by atoms with Crippen LogP contribution in [0.1, 0.15) is 17.1 Å². The lowest BCUT2D eigenvalue weighted by molar-refractivity contribution is 0.823. The topological polar surface area (TPSA) is 94.0 Å². The highest BCUT2D eigenvalue weighted by Crippen LogP contribution is 2.14. The molecule has 7 nitrogen and oxygen atoms in total. The van der Waals surface area contributed by atoms with Crippen LogP contribution in [0.25, 0.3) is 5.65 Å². The summed E-state index contributed by atoms with van der Waals surface area (Å²) in [5.41, 5.74) is 7.37. The van der Waals surface area contributed by atoms with E-state index >= 15 is 0 Å². The highest BCUT2D eigenvalue weighted by atomic mass is 32.1. The second-order valence-electron chi connectivity index (χ2n) is 4.45. The number of nitrogen functional groups attached to an aromatic ring is 1. The lowest BCUT2D eigenvalue weighted by Crippen LogP contribution is -2.08. The van der Waals surface area contributed by atoms with Crippen molar-refractivity contribution in [2.45, 2.75) is 19.8 Å². The molecular formula is C12H15N7S. The molecule has 0 bridgehead atoms. The number of aryl methyl sites for hydroxylation is 2. The lowest BCUT2D eigenvalue weighted by atomic mass is 10.3. The Hall–Kier alpha value is -2.22. The quantitative estimate of drug-likeness (QED) is 0.692. The van der Waals surface area contributed by atoms with Crippen LogP contribution in [0.15, 0.2) is 18.3 Å². The van der Waals surface area contributed by atoms with Crippen molar-refractivity contribution >= 4 is 27.9 Å². The standard InChI is InChI=1S/C12H15N7S/c1-8-7-10(19-9(16-8)4-6-15-19)14-5-2-3-11-17-18-12(13)20-11/h4,6-7,14H,2-3,5H2,1H3,(H2,13,18). The molecule has 0 unspecified atom stereocenters. The molecule has 0 fully saturated rings. The van der Waals surface area contributed by atoms with Crippen molar-refractivity contribution in [1.29, 1.82) is 0 Å². The van der Waals surface area contributed by atoms with Crippen molar-refractivity contribution in [2.75, 3.05) is 17.6 Å². The van der Waals surface area contributed by atoms with Crippen LogP contribution >= 0.6 is 11.3 Å². The van der Waals surface area contributed by atoms with Gasteiger partial charge in [0.1, 0.15) is 10.8 Å². The van der Waals surface area contributed by atoms with E-state index < -0.39 is 0 Å². The average Bonchev–Trinajstić information content (AvgIpc) is 3.03. The second-order valence-corrected chi connectivity index (χ2v) is 5.54. The van der Waals surface area contributed by atoms with E-state index in [-0.39, 0.29) is 0 Å². The average molecular weight is 289 g/mol. The second kappa shape index (κ2) is 5.41. The van der Waals surface area contributed by atoms with Gasteiger partial charge in [0.2, 0.25) is 5.13 Å². The van der Waals surface area contributed by atoms with Crippen molar-refractivity contribution in [3.05, 3.63) is 29.0 Å². The number of nitrogens with zero attached hydrogens (tertiary/aromatic N) is 5. The lowest BCUT2D eigenvalue weighted by Gasteiger charge is -2.08. The number of hydrogen-bond acceptors (Lipinski definition) is 7. The van der Waals surface area contributed by atoms with Crippen molar-refractivity contribution in [2.24, 2.45) is 0 Å². The third-order valence-electron chi connectivity index (χ3n) is 2.84. The molecule has 3 aromatic heterocycles. The number of fused-ring (bicyclic) bond motifs is 1. The summed E-state index contributed by atoms with van der Waals surface area (Å²) >= 11 is 1.44.